The van der Waals surface area contributed by atoms with E-state index < -0.39 is 0 Å². The van der Waals surface area contributed by atoms with Crippen LogP contribution in [0.1, 0.15) is 57.1 Å². The first-order valence-electron chi connectivity index (χ1n) is 8.53. The van der Waals surface area contributed by atoms with E-state index in [0.717, 1.165) is 29.7 Å². The van der Waals surface area contributed by atoms with Crippen LogP contribution in [0.4, 0.5) is 0 Å². The van der Waals surface area contributed by atoms with Crippen molar-refractivity contribution in [1.29, 1.82) is 0 Å². The van der Waals surface area contributed by atoms with Crippen molar-refractivity contribution in [1.82, 2.24) is 5.32 Å². The molecule has 0 bridgehead atoms. The molecule has 0 amide bonds. The summed E-state index contributed by atoms with van der Waals surface area (Å²) in [6, 6.07) is 9.90. The van der Waals surface area contributed by atoms with Gasteiger partial charge in [0.25, 0.3) is 0 Å². The minimum atomic E-state index is 0.733. The first kappa shape index (κ1) is 14.1. The van der Waals surface area contributed by atoms with Gasteiger partial charge in [-0.1, -0.05) is 45.0 Å². The summed E-state index contributed by atoms with van der Waals surface area (Å²) in [7, 11) is 0. The smallest absolute Gasteiger partial charge is 0.0107 e. The van der Waals surface area contributed by atoms with Crippen molar-refractivity contribution in [2.75, 3.05) is 6.54 Å². The maximum Gasteiger partial charge on any atom is 0.0107 e. The lowest BCUT2D eigenvalue weighted by molar-refractivity contribution is 0.366. The van der Waals surface area contributed by atoms with Gasteiger partial charge in [-0.3, -0.25) is 0 Å². The average molecular weight is 271 g/mol. The van der Waals surface area contributed by atoms with Crippen molar-refractivity contribution < 1.29 is 0 Å². The first-order valence-corrected chi connectivity index (χ1v) is 8.53. The van der Waals surface area contributed by atoms with Gasteiger partial charge in [0.05, 0.1) is 0 Å². The summed E-state index contributed by atoms with van der Waals surface area (Å²) in [6.07, 6.45) is 5.29. The van der Waals surface area contributed by atoms with Crippen LogP contribution in [0.5, 0.6) is 0 Å². The Kier molecular flexibility index (Phi) is 4.16. The Morgan fingerprint density at radius 1 is 1.25 bits per heavy atom. The summed E-state index contributed by atoms with van der Waals surface area (Å²) in [5, 5.41) is 3.85. The first-order chi connectivity index (χ1) is 9.72. The Hall–Kier alpha value is -0.820. The molecule has 1 nitrogen and oxygen atoms in total. The SMILES string of the molecule is CCCNC(CC(C)C)C1C2CCc3ccccc3C21. The van der Waals surface area contributed by atoms with E-state index in [-0.39, 0.29) is 0 Å². The second-order valence-electron chi connectivity index (χ2n) is 7.19. The van der Waals surface area contributed by atoms with Gasteiger partial charge in [0, 0.05) is 6.04 Å². The monoisotopic (exact) mass is 271 g/mol. The van der Waals surface area contributed by atoms with Gasteiger partial charge >= 0.3 is 0 Å². The van der Waals surface area contributed by atoms with Crippen LogP contribution in [0.15, 0.2) is 24.3 Å². The minimum absolute atomic E-state index is 0.733. The molecule has 0 heterocycles. The van der Waals surface area contributed by atoms with E-state index >= 15 is 0 Å². The van der Waals surface area contributed by atoms with Crippen LogP contribution in [-0.2, 0) is 6.42 Å². The number of hydrogen-bond acceptors (Lipinski definition) is 1. The van der Waals surface area contributed by atoms with E-state index in [4.69, 9.17) is 0 Å². The number of hydrogen-bond donors (Lipinski definition) is 1. The molecule has 0 aliphatic heterocycles. The molecule has 1 saturated carbocycles. The topological polar surface area (TPSA) is 12.0 Å². The van der Waals surface area contributed by atoms with Crippen LogP contribution >= 0.6 is 0 Å². The molecule has 1 aromatic carbocycles. The summed E-state index contributed by atoms with van der Waals surface area (Å²) in [5.74, 6) is 3.50. The Balaban J connectivity index is 1.75. The van der Waals surface area contributed by atoms with E-state index in [2.05, 4.69) is 50.4 Å². The van der Waals surface area contributed by atoms with Crippen LogP contribution in [0.25, 0.3) is 0 Å². The Morgan fingerprint density at radius 3 is 2.80 bits per heavy atom. The van der Waals surface area contributed by atoms with Crippen LogP contribution in [-0.4, -0.2) is 12.6 Å². The summed E-state index contributed by atoms with van der Waals surface area (Å²) in [6.45, 7) is 8.17. The molecule has 4 atom stereocenters. The molecule has 1 aromatic rings. The zero-order chi connectivity index (χ0) is 14.1. The lowest BCUT2D eigenvalue weighted by atomic mass is 9.92. The van der Waals surface area contributed by atoms with E-state index in [1.54, 1.807) is 11.1 Å². The maximum absolute atomic E-state index is 3.85. The van der Waals surface area contributed by atoms with E-state index in [0.29, 0.717) is 0 Å². The van der Waals surface area contributed by atoms with Gasteiger partial charge in [0.15, 0.2) is 0 Å². The molecule has 0 spiro atoms. The van der Waals surface area contributed by atoms with Gasteiger partial charge in [-0.05, 0) is 67.0 Å². The van der Waals surface area contributed by atoms with Crippen molar-refractivity contribution >= 4 is 0 Å². The molecule has 4 unspecified atom stereocenters. The average Bonchev–Trinajstić information content (AvgIpc) is 3.18. The van der Waals surface area contributed by atoms with Crippen molar-refractivity contribution in [3.63, 3.8) is 0 Å². The van der Waals surface area contributed by atoms with E-state index in [1.807, 2.05) is 0 Å². The molecular weight excluding hydrogens is 242 g/mol. The van der Waals surface area contributed by atoms with Gasteiger partial charge in [-0.25, -0.2) is 0 Å². The highest BCUT2D eigenvalue weighted by Gasteiger charge is 2.55. The van der Waals surface area contributed by atoms with Gasteiger partial charge in [0.1, 0.15) is 0 Å². The van der Waals surface area contributed by atoms with Gasteiger partial charge in [-0.2, -0.15) is 0 Å². The third-order valence-electron chi connectivity index (χ3n) is 5.24. The Labute approximate surface area is 124 Å². The molecule has 1 N–H and O–H groups in total. The van der Waals surface area contributed by atoms with Crippen molar-refractivity contribution in [2.45, 2.75) is 58.4 Å². The number of rotatable bonds is 6. The fraction of sp³-hybridized carbons (Fsp3) is 0.684. The molecule has 1 heteroatoms. The van der Waals surface area contributed by atoms with Gasteiger partial charge in [-0.15, -0.1) is 0 Å². The predicted molar refractivity (Wildman–Crippen MR) is 86.0 cm³/mol. The fourth-order valence-corrected chi connectivity index (χ4v) is 4.38. The lowest BCUT2D eigenvalue weighted by Crippen LogP contribution is -2.34. The van der Waals surface area contributed by atoms with Crippen molar-refractivity contribution in [2.24, 2.45) is 17.8 Å². The third kappa shape index (κ3) is 2.65. The molecule has 0 aromatic heterocycles. The molecule has 2 aliphatic rings. The van der Waals surface area contributed by atoms with E-state index in [1.165, 1.54) is 32.2 Å². The minimum Gasteiger partial charge on any atom is -0.314 e. The number of aryl methyl sites for hydroxylation is 1. The summed E-state index contributed by atoms with van der Waals surface area (Å²) in [4.78, 5) is 0. The highest BCUT2D eigenvalue weighted by atomic mass is 14.9. The van der Waals surface area contributed by atoms with Crippen LogP contribution < -0.4 is 5.32 Å². The fourth-order valence-electron chi connectivity index (χ4n) is 4.38. The van der Waals surface area contributed by atoms with Crippen LogP contribution in [0.2, 0.25) is 0 Å². The standard InChI is InChI=1S/C19H29N/c1-4-11-20-17(12-13(2)3)19-16-10-9-14-7-5-6-8-15(14)18(16)19/h5-8,13,16-20H,4,9-12H2,1-3H3. The predicted octanol–water partition coefficient (Wildman–Crippen LogP) is 4.38. The van der Waals surface area contributed by atoms with Gasteiger partial charge in [0.2, 0.25) is 0 Å². The van der Waals surface area contributed by atoms with Crippen LogP contribution in [0.3, 0.4) is 0 Å². The highest BCUT2D eigenvalue weighted by Crippen LogP contribution is 2.61. The van der Waals surface area contributed by atoms with Crippen molar-refractivity contribution in [3.05, 3.63) is 35.4 Å². The molecule has 3 rings (SSSR count). The highest BCUT2D eigenvalue weighted by molar-refractivity contribution is 5.40. The lowest BCUT2D eigenvalue weighted by Gasteiger charge is -2.21. The quantitative estimate of drug-likeness (QED) is 0.810. The molecule has 1 fully saturated rings. The van der Waals surface area contributed by atoms with Gasteiger partial charge < -0.3 is 5.32 Å². The molecule has 110 valence electrons. The zero-order valence-electron chi connectivity index (χ0n) is 13.2. The number of nitrogens with one attached hydrogen (secondary N) is 1. The second-order valence-corrected chi connectivity index (χ2v) is 7.19. The summed E-state index contributed by atoms with van der Waals surface area (Å²) < 4.78 is 0. The molecule has 2 aliphatic carbocycles. The largest absolute Gasteiger partial charge is 0.314 e. The maximum atomic E-state index is 3.85. The Bertz CT molecular complexity index is 451. The van der Waals surface area contributed by atoms with Crippen molar-refractivity contribution in [3.8, 4) is 0 Å². The molecular formula is C19H29N. The number of benzene rings is 1. The molecule has 0 saturated heterocycles. The summed E-state index contributed by atoms with van der Waals surface area (Å²) >= 11 is 0. The third-order valence-corrected chi connectivity index (χ3v) is 5.24. The number of fused-ring (bicyclic) bond motifs is 3. The summed E-state index contributed by atoms with van der Waals surface area (Å²) in [5.41, 5.74) is 3.29. The van der Waals surface area contributed by atoms with Crippen LogP contribution in [0, 0.1) is 17.8 Å². The van der Waals surface area contributed by atoms with E-state index in [9.17, 15) is 0 Å². The Morgan fingerprint density at radius 2 is 2.05 bits per heavy atom. The molecule has 20 heavy (non-hydrogen) atoms. The molecule has 0 radical (unpaired) electrons. The normalized spacial score (nSPS) is 28.9. The second kappa shape index (κ2) is 5.89. The zero-order valence-corrected chi connectivity index (χ0v) is 13.2.